The van der Waals surface area contributed by atoms with Crippen LogP contribution in [0.2, 0.25) is 0 Å². The molecule has 2 aliphatic heterocycles. The number of hydrogen-bond donors (Lipinski definition) is 0. The van der Waals surface area contributed by atoms with E-state index < -0.39 is 0 Å². The summed E-state index contributed by atoms with van der Waals surface area (Å²) in [5.41, 5.74) is 2.92. The largest absolute Gasteiger partial charge is 0.472 e. The summed E-state index contributed by atoms with van der Waals surface area (Å²) in [6.07, 6.45) is 6.23. The van der Waals surface area contributed by atoms with Gasteiger partial charge in [0.2, 0.25) is 0 Å². The predicted octanol–water partition coefficient (Wildman–Crippen LogP) is 2.43. The summed E-state index contributed by atoms with van der Waals surface area (Å²) in [7, 11) is 0. The summed E-state index contributed by atoms with van der Waals surface area (Å²) < 4.78 is 5.01. The van der Waals surface area contributed by atoms with Crippen LogP contribution in [0.5, 0.6) is 0 Å². The Labute approximate surface area is 178 Å². The van der Waals surface area contributed by atoms with Crippen LogP contribution in [0.15, 0.2) is 65.7 Å². The topological polar surface area (TPSA) is 87.0 Å². The van der Waals surface area contributed by atoms with Gasteiger partial charge in [0.25, 0.3) is 17.7 Å². The van der Waals surface area contributed by atoms with E-state index in [1.165, 1.54) is 17.4 Å². The molecule has 0 atom stereocenters. The fraction of sp³-hybridized carbons (Fsp3) is 0.217. The number of hydrogen-bond acceptors (Lipinski definition) is 6. The second-order valence-corrected chi connectivity index (χ2v) is 7.55. The van der Waals surface area contributed by atoms with Crippen LogP contribution in [0.1, 0.15) is 36.6 Å². The lowest BCUT2D eigenvalue weighted by molar-refractivity contribution is 0.0640. The summed E-state index contributed by atoms with van der Waals surface area (Å²) in [6.45, 7) is 2.38. The van der Waals surface area contributed by atoms with Gasteiger partial charge in [0.05, 0.1) is 35.2 Å². The second-order valence-electron chi connectivity index (χ2n) is 7.55. The van der Waals surface area contributed by atoms with Crippen LogP contribution in [0.25, 0.3) is 0 Å². The van der Waals surface area contributed by atoms with E-state index in [4.69, 9.17) is 4.42 Å². The van der Waals surface area contributed by atoms with Crippen LogP contribution < -0.4 is 4.90 Å². The number of carbonyl (C=O) groups excluding carboxylic acids is 3. The lowest BCUT2D eigenvalue weighted by Gasteiger charge is -2.36. The van der Waals surface area contributed by atoms with Crippen LogP contribution in [0.3, 0.4) is 0 Å². The molecule has 3 aromatic rings. The minimum absolute atomic E-state index is 0.0689. The van der Waals surface area contributed by atoms with Crippen molar-refractivity contribution in [3.63, 3.8) is 0 Å². The van der Waals surface area contributed by atoms with Crippen molar-refractivity contribution in [3.05, 3.63) is 83.6 Å². The molecule has 0 N–H and O–H groups in total. The third kappa shape index (κ3) is 3.35. The predicted molar refractivity (Wildman–Crippen MR) is 112 cm³/mol. The SMILES string of the molecule is O=C(c1ccoc1)N1CCN(c2cccc3c2C(=O)N(Cc2cccnc2)C3=O)CC1. The molecule has 1 fully saturated rings. The Morgan fingerprint density at radius 3 is 2.55 bits per heavy atom. The van der Waals surface area contributed by atoms with Gasteiger partial charge in [-0.3, -0.25) is 24.3 Å². The number of rotatable bonds is 4. The molecule has 31 heavy (non-hydrogen) atoms. The molecule has 156 valence electrons. The molecule has 5 rings (SSSR count). The van der Waals surface area contributed by atoms with Crippen LogP contribution in [0.4, 0.5) is 5.69 Å². The van der Waals surface area contributed by atoms with Crippen molar-refractivity contribution in [2.45, 2.75) is 6.54 Å². The Kier molecular flexibility index (Phi) is 4.74. The van der Waals surface area contributed by atoms with Gasteiger partial charge in [-0.1, -0.05) is 12.1 Å². The van der Waals surface area contributed by atoms with Crippen molar-refractivity contribution < 1.29 is 18.8 Å². The van der Waals surface area contributed by atoms with E-state index in [0.29, 0.717) is 42.9 Å². The van der Waals surface area contributed by atoms with Crippen molar-refractivity contribution in [1.29, 1.82) is 0 Å². The number of aromatic nitrogens is 1. The van der Waals surface area contributed by atoms with Gasteiger partial charge in [-0.05, 0) is 29.8 Å². The Balaban J connectivity index is 1.35. The molecule has 4 heterocycles. The van der Waals surface area contributed by atoms with Gasteiger partial charge < -0.3 is 14.2 Å². The first-order chi connectivity index (χ1) is 15.1. The second kappa shape index (κ2) is 7.71. The van der Waals surface area contributed by atoms with Crippen molar-refractivity contribution >= 4 is 23.4 Å². The minimum Gasteiger partial charge on any atom is -0.472 e. The highest BCUT2D eigenvalue weighted by atomic mass is 16.3. The molecular weight excluding hydrogens is 396 g/mol. The Morgan fingerprint density at radius 2 is 1.84 bits per heavy atom. The molecule has 1 saturated heterocycles. The number of furan rings is 1. The number of pyridine rings is 1. The maximum absolute atomic E-state index is 13.2. The van der Waals surface area contributed by atoms with Gasteiger partial charge in [0.1, 0.15) is 6.26 Å². The first-order valence-electron chi connectivity index (χ1n) is 10.1. The number of imide groups is 1. The quantitative estimate of drug-likeness (QED) is 0.607. The van der Waals surface area contributed by atoms with Crippen LogP contribution in [0, 0.1) is 0 Å². The van der Waals surface area contributed by atoms with Gasteiger partial charge in [-0.15, -0.1) is 0 Å². The number of benzene rings is 1. The average Bonchev–Trinajstić information content (AvgIpc) is 3.43. The monoisotopic (exact) mass is 416 g/mol. The van der Waals surface area contributed by atoms with Crippen LogP contribution in [-0.4, -0.2) is 58.7 Å². The molecule has 2 aliphatic rings. The molecule has 0 radical (unpaired) electrons. The zero-order chi connectivity index (χ0) is 21.4. The van der Waals surface area contributed by atoms with Crippen LogP contribution >= 0.6 is 0 Å². The smallest absolute Gasteiger partial charge is 0.263 e. The van der Waals surface area contributed by atoms with E-state index in [-0.39, 0.29) is 24.3 Å². The first-order valence-corrected chi connectivity index (χ1v) is 10.1. The first kappa shape index (κ1) is 19.0. The van der Waals surface area contributed by atoms with Gasteiger partial charge in [0.15, 0.2) is 0 Å². The van der Waals surface area contributed by atoms with E-state index in [1.807, 2.05) is 12.1 Å². The number of carbonyl (C=O) groups is 3. The number of nitrogens with zero attached hydrogens (tertiary/aromatic N) is 4. The molecule has 3 amide bonds. The molecule has 0 bridgehead atoms. The van der Waals surface area contributed by atoms with Crippen LogP contribution in [-0.2, 0) is 6.54 Å². The fourth-order valence-electron chi connectivity index (χ4n) is 4.12. The molecule has 8 nitrogen and oxygen atoms in total. The van der Waals surface area contributed by atoms with Gasteiger partial charge in [-0.2, -0.15) is 0 Å². The molecule has 0 unspecified atom stereocenters. The maximum atomic E-state index is 13.2. The van der Waals surface area contributed by atoms with E-state index in [0.717, 1.165) is 11.3 Å². The molecular formula is C23H20N4O4. The zero-order valence-electron chi connectivity index (χ0n) is 16.7. The minimum atomic E-state index is -0.295. The lowest BCUT2D eigenvalue weighted by Crippen LogP contribution is -2.49. The van der Waals surface area contributed by atoms with E-state index >= 15 is 0 Å². The summed E-state index contributed by atoms with van der Waals surface area (Å²) in [5, 5.41) is 0. The number of anilines is 1. The van der Waals surface area contributed by atoms with Gasteiger partial charge in [0, 0.05) is 38.6 Å². The fourth-order valence-corrected chi connectivity index (χ4v) is 4.12. The highest BCUT2D eigenvalue weighted by molar-refractivity contribution is 6.23. The summed E-state index contributed by atoms with van der Waals surface area (Å²) in [4.78, 5) is 47.8. The molecule has 1 aromatic carbocycles. The van der Waals surface area contributed by atoms with Crippen molar-refractivity contribution in [3.8, 4) is 0 Å². The Bertz CT molecular complexity index is 1140. The maximum Gasteiger partial charge on any atom is 0.263 e. The number of fused-ring (bicyclic) bond motifs is 1. The number of amides is 3. The Morgan fingerprint density at radius 1 is 1.00 bits per heavy atom. The van der Waals surface area contributed by atoms with E-state index in [2.05, 4.69) is 9.88 Å². The van der Waals surface area contributed by atoms with Crippen molar-refractivity contribution in [1.82, 2.24) is 14.8 Å². The summed E-state index contributed by atoms with van der Waals surface area (Å²) in [6, 6.07) is 10.6. The standard InChI is InChI=1S/C23H20N4O4/c28-21(17-6-12-31-15-17)26-10-8-25(9-11-26)19-5-1-4-18-20(19)23(30)27(22(18)29)14-16-3-2-7-24-13-16/h1-7,12-13,15H,8-11,14H2. The highest BCUT2D eigenvalue weighted by Crippen LogP contribution is 2.33. The third-order valence-electron chi connectivity index (χ3n) is 5.72. The number of piperazine rings is 1. The van der Waals surface area contributed by atoms with Gasteiger partial charge in [-0.25, -0.2) is 0 Å². The molecule has 2 aromatic heterocycles. The third-order valence-corrected chi connectivity index (χ3v) is 5.72. The van der Waals surface area contributed by atoms with Crippen molar-refractivity contribution in [2.24, 2.45) is 0 Å². The van der Waals surface area contributed by atoms with E-state index in [1.54, 1.807) is 41.6 Å². The lowest BCUT2D eigenvalue weighted by atomic mass is 10.1. The normalized spacial score (nSPS) is 16.1. The molecule has 8 heteroatoms. The van der Waals surface area contributed by atoms with E-state index in [9.17, 15) is 14.4 Å². The van der Waals surface area contributed by atoms with Crippen molar-refractivity contribution in [2.75, 3.05) is 31.1 Å². The summed E-state index contributed by atoms with van der Waals surface area (Å²) >= 11 is 0. The average molecular weight is 416 g/mol. The molecule has 0 spiro atoms. The Hall–Kier alpha value is -3.94. The molecule has 0 aliphatic carbocycles. The molecule has 0 saturated carbocycles. The highest BCUT2D eigenvalue weighted by Gasteiger charge is 2.39. The summed E-state index contributed by atoms with van der Waals surface area (Å²) in [5.74, 6) is -0.656. The van der Waals surface area contributed by atoms with Gasteiger partial charge >= 0.3 is 0 Å². The zero-order valence-corrected chi connectivity index (χ0v) is 16.7.